The van der Waals surface area contributed by atoms with E-state index >= 15 is 0 Å². The summed E-state index contributed by atoms with van der Waals surface area (Å²) in [5.74, 6) is 0.164. The summed E-state index contributed by atoms with van der Waals surface area (Å²) >= 11 is 1.63. The molecular weight excluding hydrogens is 404 g/mol. The first-order chi connectivity index (χ1) is 15.2. The minimum atomic E-state index is 0.164. The van der Waals surface area contributed by atoms with Crippen LogP contribution in [0.4, 0.5) is 0 Å². The summed E-state index contributed by atoms with van der Waals surface area (Å²) in [6.07, 6.45) is 2.16. The fourth-order valence-corrected chi connectivity index (χ4v) is 4.70. The van der Waals surface area contributed by atoms with Crippen LogP contribution in [0.3, 0.4) is 0 Å². The molecule has 1 saturated heterocycles. The van der Waals surface area contributed by atoms with Crippen molar-refractivity contribution in [3.05, 3.63) is 87.4 Å². The van der Waals surface area contributed by atoms with Crippen LogP contribution in [0.1, 0.15) is 33.8 Å². The van der Waals surface area contributed by atoms with Crippen LogP contribution >= 0.6 is 11.3 Å². The predicted octanol–water partition coefficient (Wildman–Crippen LogP) is 3.88. The largest absolute Gasteiger partial charge is 0.341 e. The van der Waals surface area contributed by atoms with Gasteiger partial charge >= 0.3 is 0 Å². The molecule has 0 unspecified atom stereocenters. The molecular formula is C25H26N4OS. The molecule has 1 aliphatic heterocycles. The molecule has 1 amide bonds. The normalized spacial score (nSPS) is 14.7. The van der Waals surface area contributed by atoms with Crippen LogP contribution in [-0.2, 0) is 24.2 Å². The summed E-state index contributed by atoms with van der Waals surface area (Å²) in [4.78, 5) is 21.9. The zero-order chi connectivity index (χ0) is 21.5. The van der Waals surface area contributed by atoms with Crippen molar-refractivity contribution in [1.82, 2.24) is 14.8 Å². The number of benzene rings is 2. The molecule has 1 aliphatic rings. The number of thiazole rings is 1. The second-order valence-corrected chi connectivity index (χ2v) is 8.83. The minimum Gasteiger partial charge on any atom is -0.341 e. The maximum Gasteiger partial charge on any atom is 0.228 e. The molecule has 0 bridgehead atoms. The second kappa shape index (κ2) is 10.3. The van der Waals surface area contributed by atoms with Crippen molar-refractivity contribution in [2.75, 3.05) is 26.2 Å². The molecule has 0 N–H and O–H groups in total. The van der Waals surface area contributed by atoms with Gasteiger partial charge in [-0.25, -0.2) is 4.98 Å². The van der Waals surface area contributed by atoms with Crippen LogP contribution in [0.25, 0.3) is 0 Å². The first-order valence-electron chi connectivity index (χ1n) is 10.7. The number of aromatic nitrogens is 1. The number of hydrogen-bond acceptors (Lipinski definition) is 5. The molecule has 5 nitrogen and oxygen atoms in total. The Morgan fingerprint density at radius 1 is 1.00 bits per heavy atom. The van der Waals surface area contributed by atoms with Crippen molar-refractivity contribution >= 4 is 17.2 Å². The van der Waals surface area contributed by atoms with Crippen LogP contribution in [0.15, 0.2) is 60.0 Å². The fourth-order valence-electron chi connectivity index (χ4n) is 3.87. The third-order valence-electron chi connectivity index (χ3n) is 5.56. The van der Waals surface area contributed by atoms with Gasteiger partial charge in [-0.15, -0.1) is 11.3 Å². The van der Waals surface area contributed by atoms with Gasteiger partial charge in [0.2, 0.25) is 5.91 Å². The van der Waals surface area contributed by atoms with E-state index in [0.717, 1.165) is 56.3 Å². The van der Waals surface area contributed by atoms with E-state index in [1.54, 1.807) is 11.3 Å². The molecule has 2 aromatic carbocycles. The van der Waals surface area contributed by atoms with Crippen LogP contribution in [0, 0.1) is 11.3 Å². The van der Waals surface area contributed by atoms with Crippen LogP contribution in [0.2, 0.25) is 0 Å². The van der Waals surface area contributed by atoms with Gasteiger partial charge in [0.1, 0.15) is 0 Å². The standard InChI is InChI=1S/C25H26N4OS/c26-17-21-7-9-22(10-8-21)18-28-11-4-12-29(14-13-28)25(30)16-23-19-31-24(27-23)15-20-5-2-1-3-6-20/h1-3,5-10,19H,4,11-16,18H2. The number of hydrogen-bond donors (Lipinski definition) is 0. The van der Waals surface area contributed by atoms with Gasteiger partial charge in [0.05, 0.1) is 28.8 Å². The molecule has 0 aliphatic carbocycles. The van der Waals surface area contributed by atoms with Gasteiger partial charge in [-0.05, 0) is 29.7 Å². The van der Waals surface area contributed by atoms with Gasteiger partial charge in [-0.2, -0.15) is 5.26 Å². The highest BCUT2D eigenvalue weighted by atomic mass is 32.1. The van der Waals surface area contributed by atoms with E-state index in [9.17, 15) is 4.79 Å². The van der Waals surface area contributed by atoms with Crippen molar-refractivity contribution in [2.45, 2.75) is 25.8 Å². The van der Waals surface area contributed by atoms with Gasteiger partial charge in [-0.1, -0.05) is 42.5 Å². The third-order valence-corrected chi connectivity index (χ3v) is 6.46. The number of nitriles is 1. The Labute approximate surface area is 187 Å². The van der Waals surface area contributed by atoms with Gasteiger partial charge in [-0.3, -0.25) is 9.69 Å². The summed E-state index contributed by atoms with van der Waals surface area (Å²) < 4.78 is 0. The van der Waals surface area contributed by atoms with Crippen LogP contribution in [-0.4, -0.2) is 46.9 Å². The van der Waals surface area contributed by atoms with Gasteiger partial charge in [0.15, 0.2) is 0 Å². The maximum absolute atomic E-state index is 12.9. The lowest BCUT2D eigenvalue weighted by molar-refractivity contribution is -0.130. The van der Waals surface area contributed by atoms with E-state index in [0.29, 0.717) is 12.0 Å². The quantitative estimate of drug-likeness (QED) is 0.595. The van der Waals surface area contributed by atoms with Crippen LogP contribution in [0.5, 0.6) is 0 Å². The van der Waals surface area contributed by atoms with E-state index in [1.807, 2.05) is 52.7 Å². The summed E-state index contributed by atoms with van der Waals surface area (Å²) in [6, 6.07) is 20.2. The smallest absolute Gasteiger partial charge is 0.228 e. The number of carbonyl (C=O) groups excluding carboxylic acids is 1. The predicted molar refractivity (Wildman–Crippen MR) is 123 cm³/mol. The highest BCUT2D eigenvalue weighted by molar-refractivity contribution is 7.09. The molecule has 2 heterocycles. The van der Waals surface area contributed by atoms with Crippen molar-refractivity contribution < 1.29 is 4.79 Å². The Morgan fingerprint density at radius 2 is 1.81 bits per heavy atom. The highest BCUT2D eigenvalue weighted by Crippen LogP contribution is 2.16. The van der Waals surface area contributed by atoms with E-state index in [4.69, 9.17) is 5.26 Å². The van der Waals surface area contributed by atoms with E-state index < -0.39 is 0 Å². The molecule has 1 fully saturated rings. The number of rotatable bonds is 6. The third kappa shape index (κ3) is 6.00. The number of carbonyl (C=O) groups is 1. The van der Waals surface area contributed by atoms with E-state index in [2.05, 4.69) is 28.1 Å². The zero-order valence-corrected chi connectivity index (χ0v) is 18.4. The second-order valence-electron chi connectivity index (χ2n) is 7.89. The molecule has 31 heavy (non-hydrogen) atoms. The average Bonchev–Trinajstić information content (AvgIpc) is 3.09. The summed E-state index contributed by atoms with van der Waals surface area (Å²) in [7, 11) is 0. The first-order valence-corrected chi connectivity index (χ1v) is 11.5. The van der Waals surface area contributed by atoms with Gasteiger partial charge < -0.3 is 4.90 Å². The molecule has 0 spiro atoms. The lowest BCUT2D eigenvalue weighted by Gasteiger charge is -2.22. The minimum absolute atomic E-state index is 0.164. The Hall–Kier alpha value is -3.01. The first kappa shape index (κ1) is 21.2. The fraction of sp³-hybridized carbons (Fsp3) is 0.320. The molecule has 0 radical (unpaired) electrons. The lowest BCUT2D eigenvalue weighted by atomic mass is 10.1. The molecule has 0 atom stereocenters. The summed E-state index contributed by atoms with van der Waals surface area (Å²) in [6.45, 7) is 4.23. The monoisotopic (exact) mass is 430 g/mol. The van der Waals surface area contributed by atoms with Gasteiger partial charge in [0.25, 0.3) is 0 Å². The van der Waals surface area contributed by atoms with Crippen molar-refractivity contribution in [2.24, 2.45) is 0 Å². The Kier molecular flexibility index (Phi) is 7.08. The lowest BCUT2D eigenvalue weighted by Crippen LogP contribution is -2.36. The van der Waals surface area contributed by atoms with Crippen LogP contribution < -0.4 is 0 Å². The Bertz CT molecular complexity index is 1040. The van der Waals surface area contributed by atoms with Crippen molar-refractivity contribution in [3.63, 3.8) is 0 Å². The summed E-state index contributed by atoms with van der Waals surface area (Å²) in [5, 5.41) is 12.0. The number of nitrogens with zero attached hydrogens (tertiary/aromatic N) is 4. The van der Waals surface area contributed by atoms with E-state index in [-0.39, 0.29) is 5.91 Å². The molecule has 1 aromatic heterocycles. The highest BCUT2D eigenvalue weighted by Gasteiger charge is 2.20. The zero-order valence-electron chi connectivity index (χ0n) is 17.5. The summed E-state index contributed by atoms with van der Waals surface area (Å²) in [5.41, 5.74) is 4.00. The van der Waals surface area contributed by atoms with Crippen molar-refractivity contribution in [1.29, 1.82) is 5.26 Å². The molecule has 0 saturated carbocycles. The SMILES string of the molecule is N#Cc1ccc(CN2CCCN(C(=O)Cc3csc(Cc4ccccc4)n3)CC2)cc1. The maximum atomic E-state index is 12.9. The Morgan fingerprint density at radius 3 is 2.58 bits per heavy atom. The van der Waals surface area contributed by atoms with Crippen molar-refractivity contribution in [3.8, 4) is 6.07 Å². The molecule has 4 rings (SSSR count). The van der Waals surface area contributed by atoms with Gasteiger partial charge in [0, 0.05) is 44.5 Å². The molecule has 3 aromatic rings. The van der Waals surface area contributed by atoms with E-state index in [1.165, 1.54) is 11.1 Å². The topological polar surface area (TPSA) is 60.2 Å². The Balaban J connectivity index is 1.28. The molecule has 6 heteroatoms. The average molecular weight is 431 g/mol. The number of amides is 1. The molecule has 158 valence electrons.